The molecule has 3 nitrogen and oxygen atoms in total. The summed E-state index contributed by atoms with van der Waals surface area (Å²) in [6.07, 6.45) is 4.46. The molecule has 164 valence electrons. The van der Waals surface area contributed by atoms with Gasteiger partial charge in [0.1, 0.15) is 0 Å². The molecule has 1 aliphatic carbocycles. The van der Waals surface area contributed by atoms with Crippen molar-refractivity contribution in [1.82, 2.24) is 0 Å². The molecular formula is C26H39NO2Si. The van der Waals surface area contributed by atoms with Gasteiger partial charge in [-0.15, -0.1) is 0 Å². The number of benzene rings is 2. The second kappa shape index (κ2) is 10.2. The van der Waals surface area contributed by atoms with Crippen LogP contribution in [0, 0.1) is 5.92 Å². The first-order valence-corrected chi connectivity index (χ1v) is 13.2. The third-order valence-corrected chi connectivity index (χ3v) is 11.3. The minimum atomic E-state index is -2.46. The third-order valence-electron chi connectivity index (χ3n) is 6.29. The summed E-state index contributed by atoms with van der Waals surface area (Å²) in [6, 6.07) is 20.7. The molecule has 3 rings (SSSR count). The minimum Gasteiger partial charge on any atom is -0.407 e. The Labute approximate surface area is 185 Å². The first-order valence-electron chi connectivity index (χ1n) is 11.8. The van der Waals surface area contributed by atoms with Crippen molar-refractivity contribution >= 4 is 18.7 Å². The van der Waals surface area contributed by atoms with Crippen molar-refractivity contribution in [2.45, 2.75) is 70.5 Å². The average Bonchev–Trinajstić information content (AvgIpc) is 2.73. The first-order chi connectivity index (χ1) is 14.6. The predicted molar refractivity (Wildman–Crippen MR) is 129 cm³/mol. The number of ether oxygens (including phenoxy) is 1. The SMILES string of the molecule is [2H]C(C)(N)COC1CCC(CO[Si](c2ccccc2)(c2ccccc2)C(C)(C)C)CC1. The van der Waals surface area contributed by atoms with Crippen LogP contribution in [0.2, 0.25) is 5.04 Å². The zero-order valence-electron chi connectivity index (χ0n) is 20.1. The summed E-state index contributed by atoms with van der Waals surface area (Å²) in [7, 11) is -2.46. The molecule has 2 aromatic rings. The second-order valence-electron chi connectivity index (χ2n) is 9.77. The third kappa shape index (κ3) is 5.41. The van der Waals surface area contributed by atoms with Crippen LogP contribution in [-0.2, 0) is 9.16 Å². The van der Waals surface area contributed by atoms with E-state index in [0.717, 1.165) is 32.3 Å². The monoisotopic (exact) mass is 426 g/mol. The highest BCUT2D eigenvalue weighted by molar-refractivity contribution is 6.99. The molecule has 0 aliphatic heterocycles. The van der Waals surface area contributed by atoms with Crippen molar-refractivity contribution < 1.29 is 10.5 Å². The summed E-state index contributed by atoms with van der Waals surface area (Å²) in [6.45, 7) is 9.75. The van der Waals surface area contributed by atoms with Crippen LogP contribution in [0.3, 0.4) is 0 Å². The zero-order valence-corrected chi connectivity index (χ0v) is 20.1. The molecule has 2 N–H and O–H groups in total. The lowest BCUT2D eigenvalue weighted by atomic mass is 9.88. The normalized spacial score (nSPS) is 22.9. The van der Waals surface area contributed by atoms with Gasteiger partial charge in [0.25, 0.3) is 8.32 Å². The Kier molecular flexibility index (Phi) is 7.42. The molecule has 1 unspecified atom stereocenters. The second-order valence-corrected chi connectivity index (χ2v) is 14.1. The van der Waals surface area contributed by atoms with E-state index in [0.29, 0.717) is 12.5 Å². The molecule has 0 aromatic heterocycles. The number of rotatable bonds is 8. The molecule has 1 aliphatic rings. The molecule has 0 amide bonds. The lowest BCUT2D eigenvalue weighted by Crippen LogP contribution is -2.67. The number of hydrogen-bond donors (Lipinski definition) is 1. The fourth-order valence-corrected chi connectivity index (χ4v) is 9.36. The highest BCUT2D eigenvalue weighted by Crippen LogP contribution is 2.38. The maximum absolute atomic E-state index is 7.78. The Morgan fingerprint density at radius 2 is 1.47 bits per heavy atom. The van der Waals surface area contributed by atoms with Crippen LogP contribution in [0.4, 0.5) is 0 Å². The van der Waals surface area contributed by atoms with E-state index in [1.54, 1.807) is 6.92 Å². The number of hydrogen-bond acceptors (Lipinski definition) is 3. The van der Waals surface area contributed by atoms with E-state index in [1.807, 2.05) is 0 Å². The molecule has 0 radical (unpaired) electrons. The zero-order chi connectivity index (χ0) is 22.5. The van der Waals surface area contributed by atoms with Crippen LogP contribution in [0.15, 0.2) is 60.7 Å². The Balaban J connectivity index is 1.75. The molecule has 0 saturated heterocycles. The minimum absolute atomic E-state index is 0.00965. The average molecular weight is 427 g/mol. The fourth-order valence-electron chi connectivity index (χ4n) is 4.72. The largest absolute Gasteiger partial charge is 0.407 e. The van der Waals surface area contributed by atoms with Gasteiger partial charge >= 0.3 is 0 Å². The van der Waals surface area contributed by atoms with Gasteiger partial charge in [0, 0.05) is 14.0 Å². The van der Waals surface area contributed by atoms with Gasteiger partial charge < -0.3 is 14.9 Å². The lowest BCUT2D eigenvalue weighted by molar-refractivity contribution is 0.00771. The van der Waals surface area contributed by atoms with Crippen LogP contribution >= 0.6 is 0 Å². The topological polar surface area (TPSA) is 44.5 Å². The van der Waals surface area contributed by atoms with E-state index in [-0.39, 0.29) is 11.1 Å². The molecule has 0 heterocycles. The van der Waals surface area contributed by atoms with Gasteiger partial charge in [0.15, 0.2) is 0 Å². The lowest BCUT2D eigenvalue weighted by Gasteiger charge is -2.44. The maximum Gasteiger partial charge on any atom is 0.261 e. The molecule has 0 bridgehead atoms. The van der Waals surface area contributed by atoms with Gasteiger partial charge in [-0.25, -0.2) is 0 Å². The van der Waals surface area contributed by atoms with Crippen LogP contribution in [-0.4, -0.2) is 33.7 Å². The van der Waals surface area contributed by atoms with Gasteiger partial charge in [0.2, 0.25) is 0 Å². The van der Waals surface area contributed by atoms with Crippen molar-refractivity contribution in [3.63, 3.8) is 0 Å². The van der Waals surface area contributed by atoms with E-state index in [4.69, 9.17) is 16.3 Å². The summed E-state index contributed by atoms with van der Waals surface area (Å²) >= 11 is 0. The van der Waals surface area contributed by atoms with Crippen LogP contribution < -0.4 is 16.1 Å². The summed E-state index contributed by atoms with van der Waals surface area (Å²) < 4.78 is 20.8. The van der Waals surface area contributed by atoms with Crippen molar-refractivity contribution in [2.75, 3.05) is 13.2 Å². The van der Waals surface area contributed by atoms with Crippen LogP contribution in [0.1, 0.15) is 54.7 Å². The van der Waals surface area contributed by atoms with E-state index < -0.39 is 14.3 Å². The predicted octanol–water partition coefficient (Wildman–Crippen LogP) is 4.49. The summed E-state index contributed by atoms with van der Waals surface area (Å²) in [5, 5.41) is 2.68. The van der Waals surface area contributed by atoms with Gasteiger partial charge in [0.05, 0.1) is 12.7 Å². The van der Waals surface area contributed by atoms with Crippen molar-refractivity contribution in [2.24, 2.45) is 11.7 Å². The van der Waals surface area contributed by atoms with Crippen LogP contribution in [0.5, 0.6) is 0 Å². The smallest absolute Gasteiger partial charge is 0.261 e. The van der Waals surface area contributed by atoms with Gasteiger partial charge in [-0.05, 0) is 53.9 Å². The fraction of sp³-hybridized carbons (Fsp3) is 0.538. The molecule has 1 saturated carbocycles. The number of nitrogens with two attached hydrogens (primary N) is 1. The Morgan fingerprint density at radius 1 is 0.967 bits per heavy atom. The van der Waals surface area contributed by atoms with E-state index in [2.05, 4.69) is 81.4 Å². The first kappa shape index (κ1) is 21.8. The Bertz CT molecular complexity index is 754. The molecule has 0 spiro atoms. The van der Waals surface area contributed by atoms with E-state index in [1.165, 1.54) is 10.4 Å². The molecule has 1 fully saturated rings. The Morgan fingerprint density at radius 3 is 1.90 bits per heavy atom. The van der Waals surface area contributed by atoms with Crippen molar-refractivity contribution in [1.29, 1.82) is 0 Å². The van der Waals surface area contributed by atoms with E-state index in [9.17, 15) is 0 Å². The highest BCUT2D eigenvalue weighted by atomic mass is 28.4. The molecule has 30 heavy (non-hydrogen) atoms. The van der Waals surface area contributed by atoms with Gasteiger partial charge in [-0.2, -0.15) is 0 Å². The highest BCUT2D eigenvalue weighted by Gasteiger charge is 2.50. The Hall–Kier alpha value is -1.46. The van der Waals surface area contributed by atoms with Crippen molar-refractivity contribution in [3.8, 4) is 0 Å². The van der Waals surface area contributed by atoms with Crippen LogP contribution in [0.25, 0.3) is 0 Å². The summed E-state index contributed by atoms with van der Waals surface area (Å²) in [4.78, 5) is 0. The quantitative estimate of drug-likeness (QED) is 0.633. The van der Waals surface area contributed by atoms with Gasteiger partial charge in [-0.1, -0.05) is 81.4 Å². The summed E-state index contributed by atoms with van der Waals surface area (Å²) in [5.74, 6) is 0.543. The van der Waals surface area contributed by atoms with Gasteiger partial charge in [-0.3, -0.25) is 0 Å². The molecule has 2 aromatic carbocycles. The molecule has 1 atom stereocenters. The molecule has 4 heteroatoms. The standard InChI is InChI=1S/C26H39NO2Si/c1-21(27)19-28-23-17-15-22(16-18-23)20-29-30(26(2,3)4,24-11-7-5-8-12-24)25-13-9-6-10-14-25/h5-14,21-23H,15-20,27H2,1-4H3/i21D. The van der Waals surface area contributed by atoms with E-state index >= 15 is 0 Å². The molecular weight excluding hydrogens is 386 g/mol. The summed E-state index contributed by atoms with van der Waals surface area (Å²) in [5.41, 5.74) is 5.75. The maximum atomic E-state index is 7.78. The van der Waals surface area contributed by atoms with Crippen molar-refractivity contribution in [3.05, 3.63) is 60.7 Å².